The van der Waals surface area contributed by atoms with Crippen molar-refractivity contribution < 1.29 is 4.79 Å². The van der Waals surface area contributed by atoms with Crippen LogP contribution in [0, 0.1) is 3.57 Å². The van der Waals surface area contributed by atoms with E-state index in [-0.39, 0.29) is 11.7 Å². The van der Waals surface area contributed by atoms with E-state index in [0.29, 0.717) is 0 Å². The van der Waals surface area contributed by atoms with Gasteiger partial charge in [0.05, 0.1) is 0 Å². The maximum Gasteiger partial charge on any atom is 0.170 e. The summed E-state index contributed by atoms with van der Waals surface area (Å²) in [5.41, 5.74) is 1.85. The Hall–Kier alpha value is -1.16. The Bertz CT molecular complexity index is 502. The minimum absolute atomic E-state index is 0.0885. The molecule has 0 aliphatic heterocycles. The van der Waals surface area contributed by atoms with Crippen molar-refractivity contribution in [1.29, 1.82) is 0 Å². The molecule has 0 N–H and O–H groups in total. The molecule has 0 amide bonds. The molecule has 0 aliphatic carbocycles. The molecule has 2 heteroatoms. The van der Waals surface area contributed by atoms with Crippen LogP contribution in [-0.4, -0.2) is 5.78 Å². The second-order valence-electron chi connectivity index (χ2n) is 4.00. The molecule has 2 rings (SSSR count). The first-order valence-corrected chi connectivity index (χ1v) is 6.61. The molecule has 2 aromatic carbocycles. The van der Waals surface area contributed by atoms with Crippen LogP contribution in [-0.2, 0) is 0 Å². The average molecular weight is 336 g/mol. The van der Waals surface area contributed by atoms with E-state index >= 15 is 0 Å². The Morgan fingerprint density at radius 2 is 1.59 bits per heavy atom. The van der Waals surface area contributed by atoms with Gasteiger partial charge in [-0.3, -0.25) is 4.79 Å². The number of ketones is 1. The van der Waals surface area contributed by atoms with Crippen LogP contribution in [0.25, 0.3) is 0 Å². The molecule has 0 saturated heterocycles. The van der Waals surface area contributed by atoms with Crippen molar-refractivity contribution in [3.05, 3.63) is 69.3 Å². The second-order valence-corrected chi connectivity index (χ2v) is 5.25. The summed E-state index contributed by atoms with van der Waals surface area (Å²) in [5, 5.41) is 0. The molecule has 1 atom stereocenters. The molecule has 0 unspecified atom stereocenters. The van der Waals surface area contributed by atoms with Gasteiger partial charge in [-0.1, -0.05) is 49.4 Å². The standard InChI is InChI=1S/C15H13IO/c1-11(12-7-9-14(16)10-8-12)15(17)13-5-3-2-4-6-13/h2-11H,1H3/t11-/m0/s1. The van der Waals surface area contributed by atoms with Gasteiger partial charge in [-0.05, 0) is 40.3 Å². The van der Waals surface area contributed by atoms with Crippen LogP contribution in [0.15, 0.2) is 54.6 Å². The van der Waals surface area contributed by atoms with Gasteiger partial charge in [-0.25, -0.2) is 0 Å². The van der Waals surface area contributed by atoms with Crippen LogP contribution >= 0.6 is 22.6 Å². The van der Waals surface area contributed by atoms with Crippen LogP contribution in [0.1, 0.15) is 28.8 Å². The number of hydrogen-bond donors (Lipinski definition) is 0. The van der Waals surface area contributed by atoms with Gasteiger partial charge in [0.2, 0.25) is 0 Å². The molecule has 0 aromatic heterocycles. The largest absolute Gasteiger partial charge is 0.294 e. The molecule has 0 aliphatic rings. The van der Waals surface area contributed by atoms with Crippen LogP contribution < -0.4 is 0 Å². The highest BCUT2D eigenvalue weighted by atomic mass is 127. The van der Waals surface area contributed by atoms with E-state index in [2.05, 4.69) is 22.6 Å². The fourth-order valence-electron chi connectivity index (χ4n) is 1.76. The van der Waals surface area contributed by atoms with Crippen molar-refractivity contribution in [3.8, 4) is 0 Å². The molecule has 0 heterocycles. The molecule has 0 fully saturated rings. The average Bonchev–Trinajstić information content (AvgIpc) is 2.39. The first-order valence-electron chi connectivity index (χ1n) is 5.53. The molecule has 0 spiro atoms. The van der Waals surface area contributed by atoms with Gasteiger partial charge in [-0.15, -0.1) is 0 Å². The van der Waals surface area contributed by atoms with E-state index in [9.17, 15) is 4.79 Å². The van der Waals surface area contributed by atoms with Gasteiger partial charge < -0.3 is 0 Å². The van der Waals surface area contributed by atoms with E-state index in [1.807, 2.05) is 61.5 Å². The van der Waals surface area contributed by atoms with E-state index in [1.165, 1.54) is 3.57 Å². The normalized spacial score (nSPS) is 12.1. The summed E-state index contributed by atoms with van der Waals surface area (Å²) in [6.45, 7) is 1.96. The lowest BCUT2D eigenvalue weighted by Crippen LogP contribution is -2.09. The predicted molar refractivity (Wildman–Crippen MR) is 78.3 cm³/mol. The summed E-state index contributed by atoms with van der Waals surface area (Å²) in [4.78, 5) is 12.2. The third kappa shape index (κ3) is 2.94. The van der Waals surface area contributed by atoms with Gasteiger partial charge in [-0.2, -0.15) is 0 Å². The van der Waals surface area contributed by atoms with Crippen molar-refractivity contribution in [3.63, 3.8) is 0 Å². The lowest BCUT2D eigenvalue weighted by atomic mass is 9.92. The number of hydrogen-bond acceptors (Lipinski definition) is 1. The number of benzene rings is 2. The first kappa shape index (κ1) is 12.3. The minimum Gasteiger partial charge on any atom is -0.294 e. The summed E-state index contributed by atoms with van der Waals surface area (Å²) in [5.74, 6) is 0.0845. The van der Waals surface area contributed by atoms with Crippen molar-refractivity contribution in [2.24, 2.45) is 0 Å². The Balaban J connectivity index is 2.23. The zero-order chi connectivity index (χ0) is 12.3. The van der Waals surface area contributed by atoms with Crippen molar-refractivity contribution in [2.75, 3.05) is 0 Å². The Morgan fingerprint density at radius 1 is 1.00 bits per heavy atom. The highest BCUT2D eigenvalue weighted by Gasteiger charge is 2.16. The number of carbonyl (C=O) groups excluding carboxylic acids is 1. The zero-order valence-corrected chi connectivity index (χ0v) is 11.7. The molecule has 1 nitrogen and oxygen atoms in total. The fraction of sp³-hybridized carbons (Fsp3) is 0.133. The van der Waals surface area contributed by atoms with E-state index in [4.69, 9.17) is 0 Å². The van der Waals surface area contributed by atoms with Crippen molar-refractivity contribution in [2.45, 2.75) is 12.8 Å². The highest BCUT2D eigenvalue weighted by molar-refractivity contribution is 14.1. The Kier molecular flexibility index (Phi) is 3.94. The van der Waals surface area contributed by atoms with Crippen molar-refractivity contribution >= 4 is 28.4 Å². The SMILES string of the molecule is C[C@H](C(=O)c1ccccc1)c1ccc(I)cc1. The van der Waals surface area contributed by atoms with E-state index in [0.717, 1.165) is 11.1 Å². The topological polar surface area (TPSA) is 17.1 Å². The monoisotopic (exact) mass is 336 g/mol. The van der Waals surface area contributed by atoms with Gasteiger partial charge in [0, 0.05) is 15.1 Å². The van der Waals surface area contributed by atoms with Gasteiger partial charge in [0.1, 0.15) is 0 Å². The predicted octanol–water partition coefficient (Wildman–Crippen LogP) is 4.28. The molecular formula is C15H13IO. The highest BCUT2D eigenvalue weighted by Crippen LogP contribution is 2.21. The maximum absolute atomic E-state index is 12.2. The Morgan fingerprint density at radius 3 is 2.18 bits per heavy atom. The van der Waals surface area contributed by atoms with E-state index in [1.54, 1.807) is 0 Å². The molecule has 17 heavy (non-hydrogen) atoms. The minimum atomic E-state index is -0.0885. The third-order valence-electron chi connectivity index (χ3n) is 2.82. The first-order chi connectivity index (χ1) is 8.18. The summed E-state index contributed by atoms with van der Waals surface area (Å²) in [6.07, 6.45) is 0. The third-order valence-corrected chi connectivity index (χ3v) is 3.54. The lowest BCUT2D eigenvalue weighted by molar-refractivity contribution is 0.0966. The van der Waals surface area contributed by atoms with Crippen LogP contribution in [0.2, 0.25) is 0 Å². The number of Topliss-reactive ketones (excluding diaryl/α,β-unsaturated/α-hetero) is 1. The van der Waals surface area contributed by atoms with Crippen molar-refractivity contribution in [1.82, 2.24) is 0 Å². The lowest BCUT2D eigenvalue weighted by Gasteiger charge is -2.10. The van der Waals surface area contributed by atoms with Gasteiger partial charge >= 0.3 is 0 Å². The quantitative estimate of drug-likeness (QED) is 0.604. The smallest absolute Gasteiger partial charge is 0.170 e. The van der Waals surface area contributed by atoms with Crippen LogP contribution in [0.5, 0.6) is 0 Å². The van der Waals surface area contributed by atoms with Gasteiger partial charge in [0.25, 0.3) is 0 Å². The summed E-state index contributed by atoms with van der Waals surface area (Å²) >= 11 is 2.26. The van der Waals surface area contributed by atoms with Gasteiger partial charge in [0.15, 0.2) is 5.78 Å². The zero-order valence-electron chi connectivity index (χ0n) is 9.56. The maximum atomic E-state index is 12.2. The number of rotatable bonds is 3. The Labute approximate surface area is 115 Å². The molecule has 0 radical (unpaired) electrons. The van der Waals surface area contributed by atoms with Crippen LogP contribution in [0.3, 0.4) is 0 Å². The summed E-state index contributed by atoms with van der Waals surface area (Å²) in [6, 6.07) is 17.6. The molecule has 0 bridgehead atoms. The van der Waals surface area contributed by atoms with Crippen LogP contribution in [0.4, 0.5) is 0 Å². The summed E-state index contributed by atoms with van der Waals surface area (Å²) in [7, 11) is 0. The fourth-order valence-corrected chi connectivity index (χ4v) is 2.11. The molecule has 2 aromatic rings. The molecule has 0 saturated carbocycles. The second kappa shape index (κ2) is 5.45. The molecular weight excluding hydrogens is 323 g/mol. The number of halogens is 1. The van der Waals surface area contributed by atoms with E-state index < -0.39 is 0 Å². The number of carbonyl (C=O) groups is 1. The summed E-state index contributed by atoms with van der Waals surface area (Å²) < 4.78 is 1.19. The molecule has 86 valence electrons.